The van der Waals surface area contributed by atoms with Crippen LogP contribution in [-0.4, -0.2) is 29.9 Å². The molecule has 5 heteroatoms. The first-order chi connectivity index (χ1) is 11.6. The number of fused-ring (bicyclic) bond motifs is 1. The van der Waals surface area contributed by atoms with Gasteiger partial charge in [-0.15, -0.1) is 11.3 Å². The van der Waals surface area contributed by atoms with Crippen LogP contribution in [0.5, 0.6) is 0 Å². The van der Waals surface area contributed by atoms with Gasteiger partial charge >= 0.3 is 0 Å². The second-order valence-corrected chi connectivity index (χ2v) is 7.42. The second kappa shape index (κ2) is 7.45. The van der Waals surface area contributed by atoms with Gasteiger partial charge in [0, 0.05) is 11.4 Å². The number of hydrogen-bond donors (Lipinski definition) is 1. The number of benzene rings is 1. The molecule has 1 aromatic heterocycles. The molecule has 2 atom stereocenters. The van der Waals surface area contributed by atoms with Gasteiger partial charge in [0.15, 0.2) is 6.54 Å². The maximum absolute atomic E-state index is 13.3. The molecule has 0 bridgehead atoms. The first kappa shape index (κ1) is 17.1. The summed E-state index contributed by atoms with van der Waals surface area (Å²) in [5.41, 5.74) is 2.17. The molecule has 0 saturated heterocycles. The molecule has 128 valence electrons. The van der Waals surface area contributed by atoms with Crippen LogP contribution >= 0.6 is 11.3 Å². The lowest BCUT2D eigenvalue weighted by Gasteiger charge is -2.36. The van der Waals surface area contributed by atoms with Crippen molar-refractivity contribution in [1.29, 1.82) is 0 Å². The van der Waals surface area contributed by atoms with E-state index in [0.717, 1.165) is 24.9 Å². The third kappa shape index (κ3) is 3.52. The number of amides is 1. The van der Waals surface area contributed by atoms with E-state index < -0.39 is 0 Å². The zero-order valence-corrected chi connectivity index (χ0v) is 15.0. The number of nitrogens with two attached hydrogens (primary N) is 1. The number of nitrogens with zero attached hydrogens (tertiary/aromatic N) is 1. The van der Waals surface area contributed by atoms with Gasteiger partial charge in [-0.25, -0.2) is 4.39 Å². The van der Waals surface area contributed by atoms with Crippen molar-refractivity contribution in [3.63, 3.8) is 0 Å². The van der Waals surface area contributed by atoms with E-state index in [1.165, 1.54) is 22.6 Å². The fourth-order valence-electron chi connectivity index (χ4n) is 3.18. The molecule has 1 aliphatic rings. The van der Waals surface area contributed by atoms with Gasteiger partial charge in [-0.05, 0) is 54.5 Å². The van der Waals surface area contributed by atoms with Crippen molar-refractivity contribution in [3.05, 3.63) is 57.5 Å². The van der Waals surface area contributed by atoms with Crippen molar-refractivity contribution < 1.29 is 14.5 Å². The van der Waals surface area contributed by atoms with Crippen LogP contribution in [0.1, 0.15) is 42.3 Å². The lowest BCUT2D eigenvalue weighted by atomic mass is 9.93. The minimum atomic E-state index is -0.247. The fourth-order valence-corrected chi connectivity index (χ4v) is 4.08. The van der Waals surface area contributed by atoms with Crippen LogP contribution in [0.2, 0.25) is 0 Å². The van der Waals surface area contributed by atoms with Crippen molar-refractivity contribution in [1.82, 2.24) is 4.90 Å². The highest BCUT2D eigenvalue weighted by Gasteiger charge is 2.33. The number of carbonyl (C=O) groups is 1. The van der Waals surface area contributed by atoms with Gasteiger partial charge in [0.1, 0.15) is 5.82 Å². The summed E-state index contributed by atoms with van der Waals surface area (Å²) in [5, 5.41) is 4.19. The highest BCUT2D eigenvalue weighted by atomic mass is 32.1. The summed E-state index contributed by atoms with van der Waals surface area (Å²) in [6, 6.07) is 8.99. The Morgan fingerprint density at radius 2 is 2.12 bits per heavy atom. The summed E-state index contributed by atoms with van der Waals surface area (Å²) >= 11 is 1.74. The predicted molar refractivity (Wildman–Crippen MR) is 94.5 cm³/mol. The van der Waals surface area contributed by atoms with Gasteiger partial charge in [-0.2, -0.15) is 0 Å². The number of quaternary nitrogens is 1. The van der Waals surface area contributed by atoms with Crippen molar-refractivity contribution in [3.8, 4) is 0 Å². The van der Waals surface area contributed by atoms with Gasteiger partial charge in [-0.3, -0.25) is 4.79 Å². The maximum atomic E-state index is 13.3. The van der Waals surface area contributed by atoms with E-state index in [0.29, 0.717) is 12.6 Å². The number of thiophene rings is 1. The Bertz CT molecular complexity index is 698. The van der Waals surface area contributed by atoms with Crippen LogP contribution < -0.4 is 5.32 Å². The van der Waals surface area contributed by atoms with Gasteiger partial charge in [0.2, 0.25) is 0 Å². The predicted octanol–water partition coefficient (Wildman–Crippen LogP) is 2.72. The summed E-state index contributed by atoms with van der Waals surface area (Å²) in [5.74, 6) is -0.0930. The van der Waals surface area contributed by atoms with Gasteiger partial charge in [0.25, 0.3) is 5.91 Å². The zero-order chi connectivity index (χ0) is 17.1. The fraction of sp³-hybridized carbons (Fsp3) is 0.421. The first-order valence-corrected chi connectivity index (χ1v) is 9.42. The Morgan fingerprint density at radius 3 is 2.83 bits per heavy atom. The quantitative estimate of drug-likeness (QED) is 0.887. The lowest BCUT2D eigenvalue weighted by Crippen LogP contribution is -2.91. The summed E-state index contributed by atoms with van der Waals surface area (Å²) in [4.78, 5) is 16.1. The standard InChI is InChI=1S/C19H23FN2OS/c1-3-13(2)21-12-18(23)22-10-8-17-16(9-11-24-17)19(22)14-4-6-15(20)7-5-14/h4-7,9,11,13,19,21H,3,8,10,12H2,1-2H3/p+1/t13-,19-/m0/s1. The van der Waals surface area contributed by atoms with Crippen molar-refractivity contribution in [2.45, 2.75) is 38.8 Å². The van der Waals surface area contributed by atoms with Crippen molar-refractivity contribution in [2.75, 3.05) is 13.1 Å². The number of carbonyl (C=O) groups excluding carboxylic acids is 1. The van der Waals surface area contributed by atoms with E-state index in [1.807, 2.05) is 4.90 Å². The van der Waals surface area contributed by atoms with Gasteiger partial charge in [-0.1, -0.05) is 19.1 Å². The molecule has 1 aliphatic heterocycles. The van der Waals surface area contributed by atoms with Crippen molar-refractivity contribution in [2.24, 2.45) is 0 Å². The lowest BCUT2D eigenvalue weighted by molar-refractivity contribution is -0.676. The van der Waals surface area contributed by atoms with Gasteiger partial charge in [0.05, 0.1) is 12.1 Å². The molecular weight excluding hydrogens is 323 g/mol. The van der Waals surface area contributed by atoms with E-state index in [4.69, 9.17) is 0 Å². The average molecular weight is 347 g/mol. The molecule has 0 aliphatic carbocycles. The number of hydrogen-bond acceptors (Lipinski definition) is 2. The molecule has 3 nitrogen and oxygen atoms in total. The van der Waals surface area contributed by atoms with E-state index in [9.17, 15) is 9.18 Å². The third-order valence-electron chi connectivity index (χ3n) is 4.81. The summed E-state index contributed by atoms with van der Waals surface area (Å²) in [6.07, 6.45) is 1.95. The molecule has 0 unspecified atom stereocenters. The highest BCUT2D eigenvalue weighted by Crippen LogP contribution is 2.37. The molecule has 1 amide bonds. The minimum Gasteiger partial charge on any atom is -0.336 e. The van der Waals surface area contributed by atoms with E-state index in [-0.39, 0.29) is 17.8 Å². The summed E-state index contributed by atoms with van der Waals surface area (Å²) in [6.45, 7) is 5.46. The molecule has 2 N–H and O–H groups in total. The molecule has 3 rings (SSSR count). The smallest absolute Gasteiger partial charge is 0.278 e. The van der Waals surface area contributed by atoms with E-state index in [1.54, 1.807) is 23.5 Å². The Balaban J connectivity index is 1.87. The molecular formula is C19H24FN2OS+. The Kier molecular flexibility index (Phi) is 5.31. The molecule has 2 heterocycles. The molecule has 24 heavy (non-hydrogen) atoms. The van der Waals surface area contributed by atoms with Crippen LogP contribution in [0, 0.1) is 5.82 Å². The normalized spacial score (nSPS) is 18.3. The maximum Gasteiger partial charge on any atom is 0.278 e. The summed E-state index contributed by atoms with van der Waals surface area (Å²) < 4.78 is 13.3. The Hall–Kier alpha value is -1.72. The van der Waals surface area contributed by atoms with Crippen LogP contribution in [0.4, 0.5) is 4.39 Å². The highest BCUT2D eigenvalue weighted by molar-refractivity contribution is 7.10. The molecule has 0 fully saturated rings. The van der Waals surface area contributed by atoms with Crippen molar-refractivity contribution >= 4 is 17.2 Å². The van der Waals surface area contributed by atoms with Gasteiger partial charge < -0.3 is 10.2 Å². The zero-order valence-electron chi connectivity index (χ0n) is 14.2. The largest absolute Gasteiger partial charge is 0.336 e. The van der Waals surface area contributed by atoms with Crippen LogP contribution in [0.25, 0.3) is 0 Å². The van der Waals surface area contributed by atoms with E-state index in [2.05, 4.69) is 30.6 Å². The molecule has 0 radical (unpaired) electrons. The van der Waals surface area contributed by atoms with Crippen LogP contribution in [0.15, 0.2) is 35.7 Å². The first-order valence-electron chi connectivity index (χ1n) is 8.54. The van der Waals surface area contributed by atoms with E-state index >= 15 is 0 Å². The van der Waals surface area contributed by atoms with Crippen LogP contribution in [0.3, 0.4) is 0 Å². The number of rotatable bonds is 5. The molecule has 1 aromatic carbocycles. The third-order valence-corrected chi connectivity index (χ3v) is 5.81. The van der Waals surface area contributed by atoms with Crippen LogP contribution in [-0.2, 0) is 11.2 Å². The second-order valence-electron chi connectivity index (χ2n) is 6.42. The summed E-state index contributed by atoms with van der Waals surface area (Å²) in [7, 11) is 0. The Morgan fingerprint density at radius 1 is 1.38 bits per heavy atom. The number of halogens is 1. The average Bonchev–Trinajstić information content (AvgIpc) is 3.08. The monoisotopic (exact) mass is 347 g/mol. The SMILES string of the molecule is CC[C@H](C)[NH2+]CC(=O)N1CCc2sccc2[C@@H]1c1ccc(F)cc1. The Labute approximate surface area is 146 Å². The molecule has 0 spiro atoms. The topological polar surface area (TPSA) is 36.9 Å². The minimum absolute atomic E-state index is 0.0987. The molecule has 2 aromatic rings. The molecule has 0 saturated carbocycles.